The van der Waals surface area contributed by atoms with Crippen molar-refractivity contribution in [1.82, 2.24) is 5.32 Å². The molecule has 0 spiro atoms. The number of rotatable bonds is 3. The molecule has 114 valence electrons. The van der Waals surface area contributed by atoms with Crippen molar-refractivity contribution in [2.24, 2.45) is 5.92 Å². The Morgan fingerprint density at radius 3 is 2.52 bits per heavy atom. The first-order valence-corrected chi connectivity index (χ1v) is 7.30. The van der Waals surface area contributed by atoms with Gasteiger partial charge in [0.25, 0.3) is 0 Å². The Kier molecular flexibility index (Phi) is 4.50. The zero-order chi connectivity index (χ0) is 15.6. The van der Waals surface area contributed by atoms with Crippen LogP contribution in [-0.4, -0.2) is 23.1 Å². The van der Waals surface area contributed by atoms with Crippen LogP contribution in [0, 0.1) is 19.8 Å². The summed E-state index contributed by atoms with van der Waals surface area (Å²) in [5, 5.41) is 14.9. The molecule has 1 aliphatic carbocycles. The molecule has 0 radical (unpaired) electrons. The van der Waals surface area contributed by atoms with Crippen molar-refractivity contribution in [3.05, 3.63) is 28.8 Å². The lowest BCUT2D eigenvalue weighted by atomic mass is 10.0. The molecule has 0 saturated heterocycles. The summed E-state index contributed by atoms with van der Waals surface area (Å²) in [4.78, 5) is 23.2. The van der Waals surface area contributed by atoms with Crippen LogP contribution in [0.1, 0.15) is 47.7 Å². The first-order valence-electron chi connectivity index (χ1n) is 7.30. The summed E-state index contributed by atoms with van der Waals surface area (Å²) in [5.41, 5.74) is 2.30. The van der Waals surface area contributed by atoms with Gasteiger partial charge in [-0.05, 0) is 55.9 Å². The lowest BCUT2D eigenvalue weighted by Gasteiger charge is -2.18. The predicted octanol–water partition coefficient (Wildman–Crippen LogP) is 3.31. The van der Waals surface area contributed by atoms with E-state index in [0.717, 1.165) is 30.4 Å². The summed E-state index contributed by atoms with van der Waals surface area (Å²) in [5.74, 6) is -0.492. The maximum atomic E-state index is 12.0. The molecule has 2 rings (SSSR count). The van der Waals surface area contributed by atoms with Crippen molar-refractivity contribution in [3.63, 3.8) is 0 Å². The molecule has 2 amide bonds. The highest BCUT2D eigenvalue weighted by molar-refractivity contribution is 5.94. The van der Waals surface area contributed by atoms with E-state index in [2.05, 4.69) is 17.6 Å². The summed E-state index contributed by atoms with van der Waals surface area (Å²) in [7, 11) is 0. The zero-order valence-electron chi connectivity index (χ0n) is 12.7. The van der Waals surface area contributed by atoms with Crippen LogP contribution in [0.3, 0.4) is 0 Å². The van der Waals surface area contributed by atoms with Crippen molar-refractivity contribution in [2.45, 2.75) is 46.1 Å². The molecular weight excluding hydrogens is 268 g/mol. The minimum Gasteiger partial charge on any atom is -0.478 e. The third kappa shape index (κ3) is 3.54. The van der Waals surface area contributed by atoms with Gasteiger partial charge < -0.3 is 15.7 Å². The zero-order valence-corrected chi connectivity index (χ0v) is 12.7. The fraction of sp³-hybridized carbons (Fsp3) is 0.500. The number of nitrogens with one attached hydrogen (secondary N) is 2. The van der Waals surface area contributed by atoms with Crippen LogP contribution < -0.4 is 10.6 Å². The first-order chi connectivity index (χ1) is 9.88. The van der Waals surface area contributed by atoms with Crippen molar-refractivity contribution < 1.29 is 14.7 Å². The Morgan fingerprint density at radius 2 is 1.95 bits per heavy atom. The number of carboxylic acid groups (broad SMARTS) is 1. The molecule has 1 aromatic rings. The second-order valence-corrected chi connectivity index (χ2v) is 5.88. The van der Waals surface area contributed by atoms with Gasteiger partial charge in [0, 0.05) is 11.7 Å². The van der Waals surface area contributed by atoms with Crippen LogP contribution in [0.5, 0.6) is 0 Å². The van der Waals surface area contributed by atoms with Crippen LogP contribution in [0.15, 0.2) is 12.1 Å². The number of anilines is 1. The minimum atomic E-state index is -0.982. The molecule has 2 unspecified atom stereocenters. The number of carboxylic acids is 1. The quantitative estimate of drug-likeness (QED) is 0.799. The molecule has 0 bridgehead atoms. The summed E-state index contributed by atoms with van der Waals surface area (Å²) < 4.78 is 0. The maximum Gasteiger partial charge on any atom is 0.336 e. The average Bonchev–Trinajstić information content (AvgIpc) is 2.78. The molecule has 1 aromatic carbocycles. The molecule has 0 aliphatic heterocycles. The molecule has 5 heteroatoms. The fourth-order valence-corrected chi connectivity index (χ4v) is 2.85. The van der Waals surface area contributed by atoms with Crippen LogP contribution >= 0.6 is 0 Å². The number of urea groups is 1. The van der Waals surface area contributed by atoms with Crippen LogP contribution in [-0.2, 0) is 0 Å². The van der Waals surface area contributed by atoms with Gasteiger partial charge >= 0.3 is 12.0 Å². The predicted molar refractivity (Wildman–Crippen MR) is 81.8 cm³/mol. The van der Waals surface area contributed by atoms with E-state index in [4.69, 9.17) is 0 Å². The lowest BCUT2D eigenvalue weighted by molar-refractivity contribution is 0.0696. The Hall–Kier alpha value is -2.04. The van der Waals surface area contributed by atoms with Gasteiger partial charge in [-0.25, -0.2) is 9.59 Å². The Bertz CT molecular complexity index is 569. The third-order valence-corrected chi connectivity index (χ3v) is 4.33. The van der Waals surface area contributed by atoms with E-state index >= 15 is 0 Å². The third-order valence-electron chi connectivity index (χ3n) is 4.33. The number of carbonyl (C=O) groups is 2. The van der Waals surface area contributed by atoms with Crippen molar-refractivity contribution in [1.29, 1.82) is 0 Å². The van der Waals surface area contributed by atoms with Gasteiger partial charge in [0.05, 0.1) is 5.56 Å². The van der Waals surface area contributed by atoms with Gasteiger partial charge in [0.15, 0.2) is 0 Å². The van der Waals surface area contributed by atoms with E-state index in [-0.39, 0.29) is 17.6 Å². The SMILES string of the molecule is Cc1cc(NC(=O)NC2CCCC2C)cc(C(=O)O)c1C. The van der Waals surface area contributed by atoms with Crippen molar-refractivity contribution in [3.8, 4) is 0 Å². The van der Waals surface area contributed by atoms with Gasteiger partial charge in [-0.3, -0.25) is 0 Å². The number of hydrogen-bond donors (Lipinski definition) is 3. The smallest absolute Gasteiger partial charge is 0.336 e. The van der Waals surface area contributed by atoms with E-state index in [1.165, 1.54) is 6.07 Å². The number of benzene rings is 1. The second kappa shape index (κ2) is 6.16. The standard InChI is InChI=1S/C16H22N2O3/c1-9-5-4-6-14(9)18-16(21)17-12-7-10(2)11(3)13(8-12)15(19)20/h7-9,14H,4-6H2,1-3H3,(H,19,20)(H2,17,18,21). The summed E-state index contributed by atoms with van der Waals surface area (Å²) in [6.45, 7) is 5.74. The molecule has 1 aliphatic rings. The Labute approximate surface area is 124 Å². The van der Waals surface area contributed by atoms with E-state index in [1.54, 1.807) is 13.0 Å². The van der Waals surface area contributed by atoms with Crippen LogP contribution in [0.25, 0.3) is 0 Å². The molecule has 2 atom stereocenters. The monoisotopic (exact) mass is 290 g/mol. The van der Waals surface area contributed by atoms with Crippen LogP contribution in [0.2, 0.25) is 0 Å². The molecule has 1 fully saturated rings. The van der Waals surface area contributed by atoms with E-state index in [0.29, 0.717) is 11.6 Å². The maximum absolute atomic E-state index is 12.0. The summed E-state index contributed by atoms with van der Waals surface area (Å²) in [6, 6.07) is 3.23. The molecule has 1 saturated carbocycles. The molecular formula is C16H22N2O3. The van der Waals surface area contributed by atoms with E-state index < -0.39 is 5.97 Å². The Balaban J connectivity index is 2.08. The number of hydrogen-bond acceptors (Lipinski definition) is 2. The number of carbonyl (C=O) groups excluding carboxylic acids is 1. The topological polar surface area (TPSA) is 78.4 Å². The van der Waals surface area contributed by atoms with Gasteiger partial charge in [-0.2, -0.15) is 0 Å². The number of aromatic carboxylic acids is 1. The number of amides is 2. The lowest BCUT2D eigenvalue weighted by Crippen LogP contribution is -2.39. The van der Waals surface area contributed by atoms with Gasteiger partial charge in [0.1, 0.15) is 0 Å². The van der Waals surface area contributed by atoms with Crippen molar-refractivity contribution in [2.75, 3.05) is 5.32 Å². The first kappa shape index (κ1) is 15.4. The van der Waals surface area contributed by atoms with Crippen molar-refractivity contribution >= 4 is 17.7 Å². The fourth-order valence-electron chi connectivity index (χ4n) is 2.85. The van der Waals surface area contributed by atoms with E-state index in [1.807, 2.05) is 6.92 Å². The van der Waals surface area contributed by atoms with Gasteiger partial charge in [-0.15, -0.1) is 0 Å². The van der Waals surface area contributed by atoms with Gasteiger partial charge in [-0.1, -0.05) is 13.3 Å². The summed E-state index contributed by atoms with van der Waals surface area (Å²) >= 11 is 0. The normalized spacial score (nSPS) is 21.1. The average molecular weight is 290 g/mol. The Morgan fingerprint density at radius 1 is 1.24 bits per heavy atom. The largest absolute Gasteiger partial charge is 0.478 e. The molecule has 3 N–H and O–H groups in total. The molecule has 0 aromatic heterocycles. The molecule has 0 heterocycles. The van der Waals surface area contributed by atoms with Gasteiger partial charge in [0.2, 0.25) is 0 Å². The van der Waals surface area contributed by atoms with E-state index in [9.17, 15) is 14.7 Å². The van der Waals surface area contributed by atoms with Crippen LogP contribution in [0.4, 0.5) is 10.5 Å². The summed E-state index contributed by atoms with van der Waals surface area (Å²) in [6.07, 6.45) is 3.28. The second-order valence-electron chi connectivity index (χ2n) is 5.88. The minimum absolute atomic E-state index is 0.204. The number of aryl methyl sites for hydroxylation is 1. The highest BCUT2D eigenvalue weighted by Gasteiger charge is 2.24. The highest BCUT2D eigenvalue weighted by atomic mass is 16.4. The highest BCUT2D eigenvalue weighted by Crippen LogP contribution is 2.25. The molecule has 5 nitrogen and oxygen atoms in total. The molecule has 21 heavy (non-hydrogen) atoms.